The molecule has 5 heteroatoms. The van der Waals surface area contributed by atoms with Crippen LogP contribution < -0.4 is 16.8 Å². The molecule has 0 aliphatic rings. The Balaban J connectivity index is 2.81. The Morgan fingerprint density at radius 3 is 1.60 bits per heavy atom. The van der Waals surface area contributed by atoms with Gasteiger partial charge >= 0.3 is 0 Å². The third-order valence-corrected chi connectivity index (χ3v) is 1.83. The average molecular weight is 219 g/mol. The van der Waals surface area contributed by atoms with Crippen LogP contribution in [0.15, 0.2) is 0 Å². The summed E-state index contributed by atoms with van der Waals surface area (Å²) in [6.45, 7) is 6.11. The molecular formula is C10H25N3O2. The first-order valence-corrected chi connectivity index (χ1v) is 5.68. The van der Waals surface area contributed by atoms with Crippen molar-refractivity contribution in [2.24, 2.45) is 11.5 Å². The first kappa shape index (κ1) is 14.8. The maximum Gasteiger partial charge on any atom is 0.0590 e. The van der Waals surface area contributed by atoms with Crippen molar-refractivity contribution in [1.82, 2.24) is 5.32 Å². The Bertz CT molecular complexity index is 103. The molecular weight excluding hydrogens is 194 g/mol. The quantitative estimate of drug-likeness (QED) is 0.378. The van der Waals surface area contributed by atoms with E-state index in [1.165, 1.54) is 0 Å². The standard InChI is InChI=1S/C10H25N3O2/c11-3-1-7-14-9-5-13-6-10-15-8-2-4-12/h13H,1-12H2. The van der Waals surface area contributed by atoms with E-state index < -0.39 is 0 Å². The van der Waals surface area contributed by atoms with Crippen molar-refractivity contribution in [3.8, 4) is 0 Å². The number of ether oxygens (including phenoxy) is 2. The number of nitrogens with two attached hydrogens (primary N) is 2. The zero-order valence-electron chi connectivity index (χ0n) is 9.54. The van der Waals surface area contributed by atoms with Crippen LogP contribution in [0.2, 0.25) is 0 Å². The molecule has 0 spiro atoms. The average Bonchev–Trinajstić information content (AvgIpc) is 2.26. The van der Waals surface area contributed by atoms with Crippen LogP contribution in [-0.4, -0.2) is 52.6 Å². The maximum atomic E-state index is 5.33. The second kappa shape index (κ2) is 13.8. The second-order valence-electron chi connectivity index (χ2n) is 3.26. The molecule has 0 heterocycles. The van der Waals surface area contributed by atoms with Crippen molar-refractivity contribution >= 4 is 0 Å². The molecule has 0 aliphatic carbocycles. The molecule has 0 saturated carbocycles. The molecule has 0 aliphatic heterocycles. The molecule has 0 aromatic rings. The van der Waals surface area contributed by atoms with E-state index in [9.17, 15) is 0 Å². The van der Waals surface area contributed by atoms with Crippen molar-refractivity contribution in [2.45, 2.75) is 12.8 Å². The molecule has 92 valence electrons. The highest BCUT2D eigenvalue weighted by Gasteiger charge is 1.90. The fraction of sp³-hybridized carbons (Fsp3) is 1.00. The highest BCUT2D eigenvalue weighted by Crippen LogP contribution is 1.80. The molecule has 5 nitrogen and oxygen atoms in total. The summed E-state index contributed by atoms with van der Waals surface area (Å²) in [5, 5.41) is 3.23. The van der Waals surface area contributed by atoms with E-state index in [2.05, 4.69) is 5.32 Å². The lowest BCUT2D eigenvalue weighted by Gasteiger charge is -2.06. The van der Waals surface area contributed by atoms with Gasteiger partial charge in [0.1, 0.15) is 0 Å². The largest absolute Gasteiger partial charge is 0.380 e. The van der Waals surface area contributed by atoms with Crippen LogP contribution >= 0.6 is 0 Å². The van der Waals surface area contributed by atoms with Crippen LogP contribution in [0, 0.1) is 0 Å². The Morgan fingerprint density at radius 2 is 1.20 bits per heavy atom. The van der Waals surface area contributed by atoms with E-state index in [1.807, 2.05) is 0 Å². The van der Waals surface area contributed by atoms with E-state index >= 15 is 0 Å². The van der Waals surface area contributed by atoms with Crippen molar-refractivity contribution in [3.05, 3.63) is 0 Å². The number of nitrogens with one attached hydrogen (secondary N) is 1. The molecule has 5 N–H and O–H groups in total. The molecule has 0 radical (unpaired) electrons. The summed E-state index contributed by atoms with van der Waals surface area (Å²) >= 11 is 0. The lowest BCUT2D eigenvalue weighted by Crippen LogP contribution is -2.24. The number of hydrogen-bond acceptors (Lipinski definition) is 5. The van der Waals surface area contributed by atoms with Gasteiger partial charge in [-0.15, -0.1) is 0 Å². The summed E-state index contributed by atoms with van der Waals surface area (Å²) in [6, 6.07) is 0. The van der Waals surface area contributed by atoms with E-state index in [4.69, 9.17) is 20.9 Å². The van der Waals surface area contributed by atoms with Crippen LogP contribution in [0.4, 0.5) is 0 Å². The zero-order chi connectivity index (χ0) is 11.2. The molecule has 0 rings (SSSR count). The van der Waals surface area contributed by atoms with E-state index in [0.717, 1.165) is 52.4 Å². The molecule has 15 heavy (non-hydrogen) atoms. The summed E-state index contributed by atoms with van der Waals surface area (Å²) in [5.74, 6) is 0. The van der Waals surface area contributed by atoms with Crippen LogP contribution in [-0.2, 0) is 9.47 Å². The van der Waals surface area contributed by atoms with Gasteiger partial charge in [0.2, 0.25) is 0 Å². The lowest BCUT2D eigenvalue weighted by molar-refractivity contribution is 0.120. The maximum absolute atomic E-state index is 5.33. The molecule has 0 aromatic heterocycles. The van der Waals surface area contributed by atoms with Crippen LogP contribution in [0.1, 0.15) is 12.8 Å². The molecule has 0 saturated heterocycles. The summed E-state index contributed by atoms with van der Waals surface area (Å²) in [4.78, 5) is 0. The van der Waals surface area contributed by atoms with Gasteiger partial charge in [0.05, 0.1) is 13.2 Å². The first-order chi connectivity index (χ1) is 7.41. The van der Waals surface area contributed by atoms with Gasteiger partial charge in [0, 0.05) is 26.3 Å². The summed E-state index contributed by atoms with van der Waals surface area (Å²) in [6.07, 6.45) is 1.87. The second-order valence-corrected chi connectivity index (χ2v) is 3.26. The van der Waals surface area contributed by atoms with E-state index in [-0.39, 0.29) is 0 Å². The summed E-state index contributed by atoms with van der Waals surface area (Å²) in [5.41, 5.74) is 10.7. The molecule has 0 unspecified atom stereocenters. The van der Waals surface area contributed by atoms with Gasteiger partial charge in [0.15, 0.2) is 0 Å². The fourth-order valence-corrected chi connectivity index (χ4v) is 0.989. The molecule has 0 atom stereocenters. The van der Waals surface area contributed by atoms with Crippen LogP contribution in [0.25, 0.3) is 0 Å². The SMILES string of the molecule is NCCCOCCNCCOCCCN. The van der Waals surface area contributed by atoms with Gasteiger partial charge in [-0.25, -0.2) is 0 Å². The summed E-state index contributed by atoms with van der Waals surface area (Å²) in [7, 11) is 0. The number of rotatable bonds is 12. The van der Waals surface area contributed by atoms with Crippen molar-refractivity contribution in [3.63, 3.8) is 0 Å². The third kappa shape index (κ3) is 13.8. The monoisotopic (exact) mass is 219 g/mol. The topological polar surface area (TPSA) is 82.5 Å². The van der Waals surface area contributed by atoms with Crippen LogP contribution in [0.5, 0.6) is 0 Å². The van der Waals surface area contributed by atoms with Gasteiger partial charge in [-0.2, -0.15) is 0 Å². The lowest BCUT2D eigenvalue weighted by atomic mass is 10.5. The Kier molecular flexibility index (Phi) is 13.6. The van der Waals surface area contributed by atoms with Gasteiger partial charge in [-0.3, -0.25) is 0 Å². The normalized spacial score (nSPS) is 10.8. The Hall–Kier alpha value is -0.200. The Labute approximate surface area is 92.5 Å². The minimum Gasteiger partial charge on any atom is -0.380 e. The van der Waals surface area contributed by atoms with Gasteiger partial charge in [0.25, 0.3) is 0 Å². The molecule has 0 bridgehead atoms. The predicted octanol–water partition coefficient (Wildman–Crippen LogP) is -0.693. The smallest absolute Gasteiger partial charge is 0.0590 e. The van der Waals surface area contributed by atoms with Gasteiger partial charge in [-0.05, 0) is 25.9 Å². The predicted molar refractivity (Wildman–Crippen MR) is 61.9 cm³/mol. The zero-order valence-corrected chi connectivity index (χ0v) is 9.54. The highest BCUT2D eigenvalue weighted by atomic mass is 16.5. The number of hydrogen-bond donors (Lipinski definition) is 3. The van der Waals surface area contributed by atoms with Gasteiger partial charge in [-0.1, -0.05) is 0 Å². The highest BCUT2D eigenvalue weighted by molar-refractivity contribution is 4.46. The van der Waals surface area contributed by atoms with Gasteiger partial charge < -0.3 is 26.3 Å². The van der Waals surface area contributed by atoms with E-state index in [0.29, 0.717) is 13.1 Å². The molecule has 0 aromatic carbocycles. The molecule has 0 amide bonds. The Morgan fingerprint density at radius 1 is 0.733 bits per heavy atom. The fourth-order valence-electron chi connectivity index (χ4n) is 0.989. The van der Waals surface area contributed by atoms with Crippen molar-refractivity contribution in [2.75, 3.05) is 52.6 Å². The molecule has 0 fully saturated rings. The van der Waals surface area contributed by atoms with Crippen molar-refractivity contribution < 1.29 is 9.47 Å². The van der Waals surface area contributed by atoms with E-state index in [1.54, 1.807) is 0 Å². The minimum absolute atomic E-state index is 0.697. The minimum atomic E-state index is 0.697. The summed E-state index contributed by atoms with van der Waals surface area (Å²) < 4.78 is 10.6. The van der Waals surface area contributed by atoms with Crippen molar-refractivity contribution in [1.29, 1.82) is 0 Å². The first-order valence-electron chi connectivity index (χ1n) is 5.68. The van der Waals surface area contributed by atoms with Crippen LogP contribution in [0.3, 0.4) is 0 Å². The third-order valence-electron chi connectivity index (χ3n) is 1.83.